The Balaban J connectivity index is 2.08. The number of carbonyl (C=O) groups is 2. The van der Waals surface area contributed by atoms with Crippen molar-refractivity contribution in [2.45, 2.75) is 18.6 Å². The number of thiophene rings is 1. The number of aliphatic hydroxyl groups excluding tert-OH is 1. The number of carbonyl (C=O) groups excluding carboxylic acids is 2. The first-order chi connectivity index (χ1) is 7.68. The van der Waals surface area contributed by atoms with Crippen LogP contribution in [-0.2, 0) is 4.79 Å². The summed E-state index contributed by atoms with van der Waals surface area (Å²) in [5.41, 5.74) is 0.523. The van der Waals surface area contributed by atoms with Crippen molar-refractivity contribution in [3.63, 3.8) is 0 Å². The maximum Gasteiger partial charge on any atom is 0.257 e. The number of anilines is 1. The van der Waals surface area contributed by atoms with Crippen molar-refractivity contribution >= 4 is 28.2 Å². The lowest BCUT2D eigenvalue weighted by atomic mass is 10.1. The molecule has 0 bridgehead atoms. The van der Waals surface area contributed by atoms with Gasteiger partial charge in [0.1, 0.15) is 11.0 Å². The summed E-state index contributed by atoms with van der Waals surface area (Å²) in [4.78, 5) is 25.4. The Kier molecular flexibility index (Phi) is 2.02. The molecule has 0 saturated carbocycles. The molecule has 0 aliphatic carbocycles. The van der Waals surface area contributed by atoms with Gasteiger partial charge in [0, 0.05) is 6.54 Å². The minimum Gasteiger partial charge on any atom is -0.390 e. The van der Waals surface area contributed by atoms with E-state index < -0.39 is 12.1 Å². The molecule has 1 saturated heterocycles. The first kappa shape index (κ1) is 9.80. The number of rotatable bonds is 0. The van der Waals surface area contributed by atoms with Crippen molar-refractivity contribution in [3.8, 4) is 0 Å². The Morgan fingerprint density at radius 2 is 2.31 bits per heavy atom. The topological polar surface area (TPSA) is 69.6 Å². The van der Waals surface area contributed by atoms with Crippen molar-refractivity contribution in [1.29, 1.82) is 0 Å². The number of hydrogen-bond acceptors (Lipinski definition) is 4. The third-order valence-electron chi connectivity index (χ3n) is 3.03. The molecule has 2 atom stereocenters. The largest absolute Gasteiger partial charge is 0.390 e. The van der Waals surface area contributed by atoms with Crippen LogP contribution in [-0.4, -0.2) is 40.5 Å². The standard InChI is InChI=1S/C10H10N2O3S/c13-6-1-3-12-7(6)8(14)11-9-5(10(12)15)2-4-16-9/h2,4,6-7,13H,1,3H2,(H,11,14)/t6-,7-/m0/s1. The molecule has 2 aliphatic rings. The van der Waals surface area contributed by atoms with Crippen LogP contribution in [0.1, 0.15) is 16.8 Å². The number of fused-ring (bicyclic) bond motifs is 2. The van der Waals surface area contributed by atoms with Gasteiger partial charge >= 0.3 is 0 Å². The zero-order valence-corrected chi connectivity index (χ0v) is 9.16. The fourth-order valence-electron chi connectivity index (χ4n) is 2.24. The predicted octanol–water partition coefficient (Wildman–Crippen LogP) is 0.276. The van der Waals surface area contributed by atoms with Crippen molar-refractivity contribution in [2.75, 3.05) is 11.9 Å². The van der Waals surface area contributed by atoms with E-state index in [1.807, 2.05) is 0 Å². The molecule has 1 fully saturated rings. The molecule has 6 heteroatoms. The summed E-state index contributed by atoms with van der Waals surface area (Å²) in [6, 6.07) is 0.975. The van der Waals surface area contributed by atoms with Crippen LogP contribution in [0, 0.1) is 0 Å². The fraction of sp³-hybridized carbons (Fsp3) is 0.400. The fourth-order valence-corrected chi connectivity index (χ4v) is 3.02. The highest BCUT2D eigenvalue weighted by Crippen LogP contribution is 2.32. The molecule has 3 heterocycles. The van der Waals surface area contributed by atoms with Crippen LogP contribution in [0.5, 0.6) is 0 Å². The second-order valence-electron chi connectivity index (χ2n) is 3.95. The van der Waals surface area contributed by atoms with Gasteiger partial charge in [-0.3, -0.25) is 9.59 Å². The molecule has 2 N–H and O–H groups in total. The first-order valence-electron chi connectivity index (χ1n) is 5.06. The molecule has 3 rings (SSSR count). The Labute approximate surface area is 95.7 Å². The van der Waals surface area contributed by atoms with E-state index in [4.69, 9.17) is 0 Å². The van der Waals surface area contributed by atoms with E-state index in [2.05, 4.69) is 5.32 Å². The highest BCUT2D eigenvalue weighted by atomic mass is 32.1. The monoisotopic (exact) mass is 238 g/mol. The highest BCUT2D eigenvalue weighted by molar-refractivity contribution is 7.14. The normalized spacial score (nSPS) is 28.4. The zero-order chi connectivity index (χ0) is 11.3. The molecule has 84 valence electrons. The first-order valence-corrected chi connectivity index (χ1v) is 5.94. The average molecular weight is 238 g/mol. The third-order valence-corrected chi connectivity index (χ3v) is 3.86. The van der Waals surface area contributed by atoms with Crippen LogP contribution in [0.25, 0.3) is 0 Å². The van der Waals surface area contributed by atoms with E-state index in [0.29, 0.717) is 23.5 Å². The molecular formula is C10H10N2O3S. The molecule has 5 nitrogen and oxygen atoms in total. The lowest BCUT2D eigenvalue weighted by Gasteiger charge is -2.21. The summed E-state index contributed by atoms with van der Waals surface area (Å²) >= 11 is 1.33. The number of nitrogens with one attached hydrogen (secondary N) is 1. The SMILES string of the molecule is O=C1Nc2sccc2C(=O)N2CC[C@H](O)[C@@H]12. The molecule has 0 spiro atoms. The van der Waals surface area contributed by atoms with E-state index in [1.54, 1.807) is 11.4 Å². The maximum atomic E-state index is 12.1. The quantitative estimate of drug-likeness (QED) is 0.682. The van der Waals surface area contributed by atoms with Gasteiger partial charge in [0.05, 0.1) is 11.7 Å². The molecule has 0 unspecified atom stereocenters. The van der Waals surface area contributed by atoms with Crippen molar-refractivity contribution in [2.24, 2.45) is 0 Å². The number of aliphatic hydroxyl groups is 1. The maximum absolute atomic E-state index is 12.1. The third kappa shape index (κ3) is 1.20. The van der Waals surface area contributed by atoms with Gasteiger partial charge in [0.2, 0.25) is 5.91 Å². The Morgan fingerprint density at radius 1 is 1.50 bits per heavy atom. The van der Waals surface area contributed by atoms with Crippen LogP contribution < -0.4 is 5.32 Å². The molecule has 0 radical (unpaired) electrons. The molecule has 16 heavy (non-hydrogen) atoms. The van der Waals surface area contributed by atoms with Crippen LogP contribution in [0.2, 0.25) is 0 Å². The van der Waals surface area contributed by atoms with Gasteiger partial charge in [-0.15, -0.1) is 11.3 Å². The van der Waals surface area contributed by atoms with Crippen LogP contribution >= 0.6 is 11.3 Å². The van der Waals surface area contributed by atoms with Crippen molar-refractivity contribution in [3.05, 3.63) is 17.0 Å². The number of nitrogens with zero attached hydrogens (tertiary/aromatic N) is 1. The van der Waals surface area contributed by atoms with Gasteiger partial charge < -0.3 is 15.3 Å². The zero-order valence-electron chi connectivity index (χ0n) is 8.34. The van der Waals surface area contributed by atoms with Gasteiger partial charge in [-0.25, -0.2) is 0 Å². The summed E-state index contributed by atoms with van der Waals surface area (Å²) in [5.74, 6) is -0.462. The summed E-state index contributed by atoms with van der Waals surface area (Å²) in [6.45, 7) is 0.438. The van der Waals surface area contributed by atoms with Crippen LogP contribution in [0.4, 0.5) is 5.00 Å². The van der Waals surface area contributed by atoms with E-state index in [-0.39, 0.29) is 11.8 Å². The predicted molar refractivity (Wildman–Crippen MR) is 58.4 cm³/mol. The van der Waals surface area contributed by atoms with E-state index in [0.717, 1.165) is 0 Å². The van der Waals surface area contributed by atoms with E-state index >= 15 is 0 Å². The summed E-state index contributed by atoms with van der Waals surface area (Å²) < 4.78 is 0. The Bertz CT molecular complexity index is 470. The second-order valence-corrected chi connectivity index (χ2v) is 4.87. The number of hydrogen-bond donors (Lipinski definition) is 2. The minimum absolute atomic E-state index is 0.170. The van der Waals surface area contributed by atoms with Gasteiger partial charge in [-0.2, -0.15) is 0 Å². The van der Waals surface area contributed by atoms with Crippen molar-refractivity contribution in [1.82, 2.24) is 4.90 Å². The van der Waals surface area contributed by atoms with Crippen molar-refractivity contribution < 1.29 is 14.7 Å². The van der Waals surface area contributed by atoms with E-state index in [9.17, 15) is 14.7 Å². The van der Waals surface area contributed by atoms with E-state index in [1.165, 1.54) is 16.2 Å². The molecule has 1 aromatic heterocycles. The number of amides is 2. The molecule has 1 aromatic rings. The minimum atomic E-state index is -0.752. The van der Waals surface area contributed by atoms with Crippen LogP contribution in [0.15, 0.2) is 11.4 Å². The second kappa shape index (κ2) is 3.29. The van der Waals surface area contributed by atoms with Gasteiger partial charge in [-0.05, 0) is 17.9 Å². The summed E-state index contributed by atoms with van der Waals surface area (Å²) in [6.07, 6.45) is -0.290. The molecule has 2 amide bonds. The molecule has 0 aromatic carbocycles. The Morgan fingerprint density at radius 3 is 3.12 bits per heavy atom. The van der Waals surface area contributed by atoms with Crippen LogP contribution in [0.3, 0.4) is 0 Å². The molecule has 2 aliphatic heterocycles. The smallest absolute Gasteiger partial charge is 0.257 e. The van der Waals surface area contributed by atoms with Gasteiger partial charge in [-0.1, -0.05) is 0 Å². The summed E-state index contributed by atoms with van der Waals surface area (Å²) in [5, 5.41) is 14.7. The molecular weight excluding hydrogens is 228 g/mol. The summed E-state index contributed by atoms with van der Waals surface area (Å²) in [7, 11) is 0. The Hall–Kier alpha value is -1.40. The lowest BCUT2D eigenvalue weighted by molar-refractivity contribution is -0.121. The average Bonchev–Trinajstić information content (AvgIpc) is 2.81. The lowest BCUT2D eigenvalue weighted by Crippen LogP contribution is -2.45. The van der Waals surface area contributed by atoms with Gasteiger partial charge in [0.25, 0.3) is 5.91 Å². The van der Waals surface area contributed by atoms with Gasteiger partial charge in [0.15, 0.2) is 0 Å². The highest BCUT2D eigenvalue weighted by Gasteiger charge is 2.44.